The Bertz CT molecular complexity index is 286. The van der Waals surface area contributed by atoms with Gasteiger partial charge in [0.2, 0.25) is 0 Å². The molecule has 0 aliphatic carbocycles. The minimum Gasteiger partial charge on any atom is -0.263 e. The highest BCUT2D eigenvalue weighted by atomic mass is 32.2. The van der Waals surface area contributed by atoms with Crippen LogP contribution >= 0.6 is 23.7 Å². The van der Waals surface area contributed by atoms with Gasteiger partial charge in [-0.1, -0.05) is 6.07 Å². The van der Waals surface area contributed by atoms with Crippen LogP contribution in [0, 0.1) is 0 Å². The molecule has 1 aliphatic heterocycles. The van der Waals surface area contributed by atoms with Crippen molar-refractivity contribution in [2.45, 2.75) is 16.2 Å². The smallest absolute Gasteiger partial charge is 0.0239 e. The van der Waals surface area contributed by atoms with Gasteiger partial charge in [0.05, 0.1) is 0 Å². The Morgan fingerprint density at radius 2 is 2.42 bits per heavy atom. The summed E-state index contributed by atoms with van der Waals surface area (Å²) in [4.78, 5) is 2.78. The lowest BCUT2D eigenvalue weighted by Crippen LogP contribution is -1.90. The number of aryl methyl sites for hydroxylation is 1. The second-order valence-electron chi connectivity index (χ2n) is 2.67. The third-order valence-electron chi connectivity index (χ3n) is 1.89. The number of hydrogen-bond acceptors (Lipinski definition) is 3. The van der Waals surface area contributed by atoms with Gasteiger partial charge in [0.25, 0.3) is 0 Å². The van der Waals surface area contributed by atoms with Gasteiger partial charge in [-0.25, -0.2) is 0 Å². The molecule has 0 fully saturated rings. The Balaban J connectivity index is 2.26. The SMILES string of the molecule is CNSc1ccc2c(c1)SCC2. The van der Waals surface area contributed by atoms with Gasteiger partial charge in [0.15, 0.2) is 0 Å². The maximum Gasteiger partial charge on any atom is 0.0239 e. The van der Waals surface area contributed by atoms with Crippen LogP contribution in [0.3, 0.4) is 0 Å². The Labute approximate surface area is 81.5 Å². The second kappa shape index (κ2) is 3.73. The lowest BCUT2D eigenvalue weighted by molar-refractivity contribution is 1.12. The first-order chi connectivity index (χ1) is 5.90. The van der Waals surface area contributed by atoms with Crippen molar-refractivity contribution in [1.82, 2.24) is 4.72 Å². The topological polar surface area (TPSA) is 12.0 Å². The fourth-order valence-corrected chi connectivity index (χ4v) is 3.06. The summed E-state index contributed by atoms with van der Waals surface area (Å²) >= 11 is 3.64. The van der Waals surface area contributed by atoms with Crippen molar-refractivity contribution in [3.63, 3.8) is 0 Å². The Morgan fingerprint density at radius 3 is 3.25 bits per heavy atom. The fraction of sp³-hybridized carbons (Fsp3) is 0.333. The van der Waals surface area contributed by atoms with Crippen LogP contribution in [-0.4, -0.2) is 12.8 Å². The third-order valence-corrected chi connectivity index (χ3v) is 3.68. The van der Waals surface area contributed by atoms with Crippen molar-refractivity contribution >= 4 is 23.7 Å². The van der Waals surface area contributed by atoms with E-state index in [0.29, 0.717) is 0 Å². The Hall–Kier alpha value is -0.120. The molecular formula is C9H11NS2. The monoisotopic (exact) mass is 197 g/mol. The molecule has 1 aliphatic rings. The molecule has 0 unspecified atom stereocenters. The number of hydrogen-bond donors (Lipinski definition) is 1. The van der Waals surface area contributed by atoms with Gasteiger partial charge in [-0.15, -0.1) is 11.8 Å². The zero-order valence-corrected chi connectivity index (χ0v) is 8.60. The average molecular weight is 197 g/mol. The van der Waals surface area contributed by atoms with Crippen molar-refractivity contribution in [1.29, 1.82) is 0 Å². The zero-order chi connectivity index (χ0) is 8.39. The normalized spacial score (nSPS) is 14.8. The van der Waals surface area contributed by atoms with E-state index in [9.17, 15) is 0 Å². The van der Waals surface area contributed by atoms with E-state index in [-0.39, 0.29) is 0 Å². The molecular weight excluding hydrogens is 186 g/mol. The van der Waals surface area contributed by atoms with Crippen LogP contribution in [0.5, 0.6) is 0 Å². The van der Waals surface area contributed by atoms with Crippen LogP contribution in [0.25, 0.3) is 0 Å². The molecule has 0 amide bonds. The molecule has 0 saturated carbocycles. The van der Waals surface area contributed by atoms with E-state index < -0.39 is 0 Å². The van der Waals surface area contributed by atoms with Crippen LogP contribution < -0.4 is 4.72 Å². The van der Waals surface area contributed by atoms with Gasteiger partial charge in [0, 0.05) is 15.5 Å². The summed E-state index contributed by atoms with van der Waals surface area (Å²) in [5.74, 6) is 1.25. The Kier molecular flexibility index (Phi) is 2.63. The number of rotatable bonds is 2. The van der Waals surface area contributed by atoms with Gasteiger partial charge in [-0.2, -0.15) is 0 Å². The van der Waals surface area contributed by atoms with Crippen molar-refractivity contribution in [2.24, 2.45) is 0 Å². The van der Waals surface area contributed by atoms with Crippen molar-refractivity contribution in [2.75, 3.05) is 12.8 Å². The predicted molar refractivity (Wildman–Crippen MR) is 55.8 cm³/mol. The molecule has 1 aromatic rings. The van der Waals surface area contributed by atoms with Crippen LogP contribution in [0.4, 0.5) is 0 Å². The van der Waals surface area contributed by atoms with Crippen molar-refractivity contribution < 1.29 is 0 Å². The molecule has 0 atom stereocenters. The van der Waals surface area contributed by atoms with Crippen molar-refractivity contribution in [3.05, 3.63) is 23.8 Å². The molecule has 0 aromatic heterocycles. The molecule has 12 heavy (non-hydrogen) atoms. The summed E-state index contributed by atoms with van der Waals surface area (Å²) in [5.41, 5.74) is 1.51. The first-order valence-corrected chi connectivity index (χ1v) is 5.79. The molecule has 2 rings (SSSR count). The molecule has 0 bridgehead atoms. The van der Waals surface area contributed by atoms with Gasteiger partial charge in [-0.3, -0.25) is 4.72 Å². The summed E-state index contributed by atoms with van der Waals surface area (Å²) in [5, 5.41) is 0. The lowest BCUT2D eigenvalue weighted by atomic mass is 10.2. The molecule has 1 heterocycles. The van der Waals surface area contributed by atoms with E-state index in [2.05, 4.69) is 22.9 Å². The van der Waals surface area contributed by atoms with E-state index >= 15 is 0 Å². The first-order valence-electron chi connectivity index (χ1n) is 3.99. The van der Waals surface area contributed by atoms with Gasteiger partial charge >= 0.3 is 0 Å². The van der Waals surface area contributed by atoms with Gasteiger partial charge in [0.1, 0.15) is 0 Å². The van der Waals surface area contributed by atoms with E-state index in [0.717, 1.165) is 0 Å². The third kappa shape index (κ3) is 1.63. The lowest BCUT2D eigenvalue weighted by Gasteiger charge is -2.01. The molecule has 64 valence electrons. The second-order valence-corrected chi connectivity index (χ2v) is 4.89. The van der Waals surface area contributed by atoms with Crippen molar-refractivity contribution in [3.8, 4) is 0 Å². The zero-order valence-electron chi connectivity index (χ0n) is 6.96. The number of thioether (sulfide) groups is 1. The minimum atomic E-state index is 1.24. The minimum absolute atomic E-state index is 1.24. The molecule has 0 saturated heterocycles. The fourth-order valence-electron chi connectivity index (χ4n) is 1.33. The highest BCUT2D eigenvalue weighted by Crippen LogP contribution is 2.33. The molecule has 0 radical (unpaired) electrons. The summed E-state index contributed by atoms with van der Waals surface area (Å²) in [6, 6.07) is 6.70. The summed E-state index contributed by atoms with van der Waals surface area (Å²) < 4.78 is 3.08. The maximum absolute atomic E-state index is 3.08. The van der Waals surface area contributed by atoms with Crippen LogP contribution in [0.1, 0.15) is 5.56 Å². The largest absolute Gasteiger partial charge is 0.263 e. The quantitative estimate of drug-likeness (QED) is 0.732. The number of fused-ring (bicyclic) bond motifs is 1. The van der Waals surface area contributed by atoms with Crippen LogP contribution in [0.2, 0.25) is 0 Å². The number of benzene rings is 1. The molecule has 1 nitrogen and oxygen atoms in total. The van der Waals surface area contributed by atoms with Crippen LogP contribution in [0.15, 0.2) is 28.0 Å². The first kappa shape index (κ1) is 8.48. The van der Waals surface area contributed by atoms with E-state index in [1.165, 1.54) is 27.5 Å². The van der Waals surface area contributed by atoms with E-state index in [1.54, 1.807) is 11.9 Å². The highest BCUT2D eigenvalue weighted by Gasteiger charge is 2.10. The van der Waals surface area contributed by atoms with Gasteiger partial charge in [-0.05, 0) is 43.1 Å². The summed E-state index contributed by atoms with van der Waals surface area (Å²) in [6.07, 6.45) is 1.24. The summed E-state index contributed by atoms with van der Waals surface area (Å²) in [7, 11) is 1.95. The Morgan fingerprint density at radius 1 is 1.50 bits per heavy atom. The van der Waals surface area contributed by atoms with Gasteiger partial charge < -0.3 is 0 Å². The molecule has 1 aromatic carbocycles. The standard InChI is InChI=1S/C9H11NS2/c1-10-12-8-3-2-7-4-5-11-9(7)6-8/h2-3,6,10H,4-5H2,1H3. The molecule has 3 heteroatoms. The predicted octanol–water partition coefficient (Wildman–Crippen LogP) is 2.56. The highest BCUT2D eigenvalue weighted by molar-refractivity contribution is 7.99. The number of nitrogens with one attached hydrogen (secondary N) is 1. The molecule has 1 N–H and O–H groups in total. The van der Waals surface area contributed by atoms with E-state index in [4.69, 9.17) is 0 Å². The van der Waals surface area contributed by atoms with E-state index in [1.807, 2.05) is 18.8 Å². The maximum atomic E-state index is 3.08. The molecule has 0 spiro atoms. The average Bonchev–Trinajstić information content (AvgIpc) is 2.51. The summed E-state index contributed by atoms with van der Waals surface area (Å²) in [6.45, 7) is 0. The van der Waals surface area contributed by atoms with Crippen LogP contribution in [-0.2, 0) is 6.42 Å².